The molecule has 14 heavy (non-hydrogen) atoms. The average Bonchev–Trinajstić information content (AvgIpc) is 2.21. The SMILES string of the molecule is NNC(=S)NCCc1ccc(O)cc1. The zero-order valence-electron chi connectivity index (χ0n) is 7.66. The van der Waals surface area contributed by atoms with Crippen molar-refractivity contribution < 1.29 is 5.11 Å². The third kappa shape index (κ3) is 3.59. The van der Waals surface area contributed by atoms with Crippen molar-refractivity contribution in [3.8, 4) is 5.75 Å². The predicted molar refractivity (Wildman–Crippen MR) is 59.7 cm³/mol. The number of nitrogens with two attached hydrogens (primary N) is 1. The summed E-state index contributed by atoms with van der Waals surface area (Å²) in [6, 6.07) is 7.07. The van der Waals surface area contributed by atoms with Crippen LogP contribution in [0.5, 0.6) is 5.75 Å². The Morgan fingerprint density at radius 1 is 1.36 bits per heavy atom. The lowest BCUT2D eigenvalue weighted by Crippen LogP contribution is -2.40. The normalized spacial score (nSPS) is 9.50. The number of phenolic OH excluding ortho intramolecular Hbond substituents is 1. The van der Waals surface area contributed by atoms with E-state index in [2.05, 4.69) is 10.7 Å². The van der Waals surface area contributed by atoms with E-state index in [1.807, 2.05) is 12.1 Å². The van der Waals surface area contributed by atoms with Crippen LogP contribution >= 0.6 is 12.2 Å². The Labute approximate surface area is 88.1 Å². The summed E-state index contributed by atoms with van der Waals surface area (Å²) >= 11 is 4.80. The molecule has 0 spiro atoms. The summed E-state index contributed by atoms with van der Waals surface area (Å²) in [5.74, 6) is 5.36. The fraction of sp³-hybridized carbons (Fsp3) is 0.222. The van der Waals surface area contributed by atoms with Gasteiger partial charge in [-0.25, -0.2) is 5.84 Å². The van der Waals surface area contributed by atoms with Crippen LogP contribution in [0.3, 0.4) is 0 Å². The highest BCUT2D eigenvalue weighted by atomic mass is 32.1. The second kappa shape index (κ2) is 5.41. The van der Waals surface area contributed by atoms with Gasteiger partial charge in [0.15, 0.2) is 5.11 Å². The van der Waals surface area contributed by atoms with Crippen LogP contribution in [0.1, 0.15) is 5.56 Å². The molecule has 0 radical (unpaired) electrons. The van der Waals surface area contributed by atoms with Crippen molar-refractivity contribution >= 4 is 17.3 Å². The van der Waals surface area contributed by atoms with Crippen LogP contribution < -0.4 is 16.6 Å². The molecule has 0 aliphatic rings. The van der Waals surface area contributed by atoms with Gasteiger partial charge in [-0.2, -0.15) is 0 Å². The van der Waals surface area contributed by atoms with E-state index in [-0.39, 0.29) is 5.75 Å². The molecule has 0 bridgehead atoms. The summed E-state index contributed by atoms with van der Waals surface area (Å²) in [6.45, 7) is 0.716. The number of hydrazine groups is 1. The fourth-order valence-electron chi connectivity index (χ4n) is 1.03. The summed E-state index contributed by atoms with van der Waals surface area (Å²) in [5, 5.41) is 12.4. The van der Waals surface area contributed by atoms with Gasteiger partial charge in [0.2, 0.25) is 0 Å². The van der Waals surface area contributed by atoms with Gasteiger partial charge in [-0.1, -0.05) is 12.1 Å². The number of hydrogen-bond donors (Lipinski definition) is 4. The number of rotatable bonds is 3. The van der Waals surface area contributed by atoms with E-state index in [0.29, 0.717) is 11.7 Å². The van der Waals surface area contributed by atoms with Gasteiger partial charge in [-0.05, 0) is 36.3 Å². The predicted octanol–water partition coefficient (Wildman–Crippen LogP) is 0.273. The van der Waals surface area contributed by atoms with E-state index < -0.39 is 0 Å². The highest BCUT2D eigenvalue weighted by Crippen LogP contribution is 2.09. The maximum absolute atomic E-state index is 9.05. The molecule has 5 N–H and O–H groups in total. The Hall–Kier alpha value is -1.33. The van der Waals surface area contributed by atoms with Crippen LogP contribution in [-0.2, 0) is 6.42 Å². The molecular weight excluding hydrogens is 198 g/mol. The maximum atomic E-state index is 9.05. The summed E-state index contributed by atoms with van der Waals surface area (Å²) in [7, 11) is 0. The zero-order valence-corrected chi connectivity index (χ0v) is 8.47. The van der Waals surface area contributed by atoms with E-state index in [1.54, 1.807) is 12.1 Å². The van der Waals surface area contributed by atoms with Crippen LogP contribution in [0, 0.1) is 0 Å². The fourth-order valence-corrected chi connectivity index (χ4v) is 1.14. The van der Waals surface area contributed by atoms with Gasteiger partial charge >= 0.3 is 0 Å². The first kappa shape index (κ1) is 10.7. The average molecular weight is 211 g/mol. The molecule has 0 aliphatic carbocycles. The second-order valence-electron chi connectivity index (χ2n) is 2.82. The zero-order chi connectivity index (χ0) is 10.4. The second-order valence-corrected chi connectivity index (χ2v) is 3.22. The van der Waals surface area contributed by atoms with Gasteiger partial charge < -0.3 is 15.8 Å². The molecule has 0 fully saturated rings. The number of thiocarbonyl (C=S) groups is 1. The molecule has 0 saturated heterocycles. The van der Waals surface area contributed by atoms with Gasteiger partial charge in [0, 0.05) is 6.54 Å². The van der Waals surface area contributed by atoms with Crippen molar-refractivity contribution in [2.45, 2.75) is 6.42 Å². The van der Waals surface area contributed by atoms with E-state index >= 15 is 0 Å². The molecule has 0 amide bonds. The lowest BCUT2D eigenvalue weighted by atomic mass is 10.1. The van der Waals surface area contributed by atoms with Crippen molar-refractivity contribution in [2.24, 2.45) is 5.84 Å². The Morgan fingerprint density at radius 2 is 2.00 bits per heavy atom. The van der Waals surface area contributed by atoms with Crippen LogP contribution in [0.25, 0.3) is 0 Å². The van der Waals surface area contributed by atoms with E-state index in [9.17, 15) is 0 Å². The highest BCUT2D eigenvalue weighted by molar-refractivity contribution is 7.80. The van der Waals surface area contributed by atoms with E-state index in [0.717, 1.165) is 12.0 Å². The van der Waals surface area contributed by atoms with Crippen LogP contribution in [0.4, 0.5) is 0 Å². The number of nitrogens with one attached hydrogen (secondary N) is 2. The molecule has 0 saturated carbocycles. The Morgan fingerprint density at radius 3 is 2.57 bits per heavy atom. The van der Waals surface area contributed by atoms with Gasteiger partial charge in [0.1, 0.15) is 5.75 Å². The lowest BCUT2D eigenvalue weighted by Gasteiger charge is -2.06. The van der Waals surface area contributed by atoms with Gasteiger partial charge in [0.25, 0.3) is 0 Å². The minimum Gasteiger partial charge on any atom is -0.508 e. The van der Waals surface area contributed by atoms with Crippen molar-refractivity contribution in [2.75, 3.05) is 6.54 Å². The molecule has 0 heterocycles. The molecule has 1 aromatic carbocycles. The van der Waals surface area contributed by atoms with Crippen LogP contribution in [0.15, 0.2) is 24.3 Å². The number of phenols is 1. The van der Waals surface area contributed by atoms with Crippen LogP contribution in [0.2, 0.25) is 0 Å². The quantitative estimate of drug-likeness (QED) is 0.328. The summed E-state index contributed by atoms with van der Waals surface area (Å²) in [5.41, 5.74) is 3.48. The maximum Gasteiger partial charge on any atom is 0.180 e. The van der Waals surface area contributed by atoms with Crippen LogP contribution in [-0.4, -0.2) is 16.8 Å². The monoisotopic (exact) mass is 211 g/mol. The topological polar surface area (TPSA) is 70.3 Å². The Balaban J connectivity index is 2.31. The van der Waals surface area contributed by atoms with Crippen molar-refractivity contribution in [3.63, 3.8) is 0 Å². The molecule has 0 aromatic heterocycles. The van der Waals surface area contributed by atoms with Crippen molar-refractivity contribution in [1.29, 1.82) is 0 Å². The molecule has 0 atom stereocenters. The molecule has 1 aromatic rings. The first-order valence-electron chi connectivity index (χ1n) is 4.24. The number of aromatic hydroxyl groups is 1. The van der Waals surface area contributed by atoms with Gasteiger partial charge in [-0.3, -0.25) is 0 Å². The molecule has 1 rings (SSSR count). The Bertz CT molecular complexity index is 299. The molecule has 5 heteroatoms. The molecule has 4 nitrogen and oxygen atoms in total. The van der Waals surface area contributed by atoms with Gasteiger partial charge in [0.05, 0.1) is 0 Å². The van der Waals surface area contributed by atoms with Gasteiger partial charge in [-0.15, -0.1) is 0 Å². The molecule has 0 aliphatic heterocycles. The smallest absolute Gasteiger partial charge is 0.180 e. The first-order chi connectivity index (χ1) is 6.72. The third-order valence-electron chi connectivity index (χ3n) is 1.77. The third-order valence-corrected chi connectivity index (χ3v) is 2.03. The highest BCUT2D eigenvalue weighted by Gasteiger charge is 1.94. The summed E-state index contributed by atoms with van der Waals surface area (Å²) in [6.07, 6.45) is 0.835. The van der Waals surface area contributed by atoms with E-state index in [4.69, 9.17) is 23.2 Å². The van der Waals surface area contributed by atoms with Crippen molar-refractivity contribution in [1.82, 2.24) is 10.7 Å². The number of hydrogen-bond acceptors (Lipinski definition) is 3. The molecule has 76 valence electrons. The van der Waals surface area contributed by atoms with Crippen molar-refractivity contribution in [3.05, 3.63) is 29.8 Å². The minimum absolute atomic E-state index is 0.279. The molecule has 0 unspecified atom stereocenters. The largest absolute Gasteiger partial charge is 0.508 e. The standard InChI is InChI=1S/C9H13N3OS/c10-12-9(14)11-6-5-7-1-3-8(13)4-2-7/h1-4,13H,5-6,10H2,(H2,11,12,14). The first-order valence-corrected chi connectivity index (χ1v) is 4.65. The lowest BCUT2D eigenvalue weighted by molar-refractivity contribution is 0.475. The minimum atomic E-state index is 0.279. The summed E-state index contributed by atoms with van der Waals surface area (Å²) in [4.78, 5) is 0. The number of benzene rings is 1. The Kier molecular flexibility index (Phi) is 4.15. The van der Waals surface area contributed by atoms with E-state index in [1.165, 1.54) is 0 Å². The summed E-state index contributed by atoms with van der Waals surface area (Å²) < 4.78 is 0. The molecular formula is C9H13N3OS.